The average molecular weight is 232 g/mol. The first kappa shape index (κ1) is 11.4. The summed E-state index contributed by atoms with van der Waals surface area (Å²) in [7, 11) is -3.32. The highest BCUT2D eigenvalue weighted by Crippen LogP contribution is 2.66. The summed E-state index contributed by atoms with van der Waals surface area (Å²) in [5.41, 5.74) is 0.239. The van der Waals surface area contributed by atoms with Crippen molar-refractivity contribution in [2.75, 3.05) is 6.26 Å². The first-order valence-electron chi connectivity index (χ1n) is 5.55. The molecule has 0 heterocycles. The fourth-order valence-electron chi connectivity index (χ4n) is 3.49. The van der Waals surface area contributed by atoms with Gasteiger partial charge in [0.2, 0.25) is 0 Å². The topological polar surface area (TPSA) is 43.4 Å². The first-order valence-corrected chi connectivity index (χ1v) is 7.37. The fraction of sp³-hybridized carbons (Fsp3) is 1.00. The molecule has 2 aliphatic carbocycles. The SMILES string of the molecule is CC1(C)[C@@H]2CC[C@@]1(C)[C@H](OS(C)(=O)=O)C2. The molecule has 0 radical (unpaired) electrons. The lowest BCUT2D eigenvalue weighted by atomic mass is 9.70. The number of fused-ring (bicyclic) bond motifs is 2. The standard InChI is InChI=1S/C11H20O3S/c1-10(2)8-5-6-11(10,3)9(7-8)14-15(4,12)13/h8-9H,5-7H2,1-4H3/t8-,9-,11+/m1/s1. The summed E-state index contributed by atoms with van der Waals surface area (Å²) < 4.78 is 27.6. The highest BCUT2D eigenvalue weighted by atomic mass is 32.2. The van der Waals surface area contributed by atoms with Gasteiger partial charge in [-0.1, -0.05) is 20.8 Å². The van der Waals surface area contributed by atoms with Gasteiger partial charge in [-0.25, -0.2) is 0 Å². The van der Waals surface area contributed by atoms with Crippen LogP contribution in [0.5, 0.6) is 0 Å². The number of rotatable bonds is 2. The Balaban J connectivity index is 2.27. The van der Waals surface area contributed by atoms with Gasteiger partial charge in [-0.15, -0.1) is 0 Å². The van der Waals surface area contributed by atoms with E-state index < -0.39 is 10.1 Å². The molecule has 3 atom stereocenters. The van der Waals surface area contributed by atoms with Gasteiger partial charge >= 0.3 is 0 Å². The minimum Gasteiger partial charge on any atom is -0.266 e. The van der Waals surface area contributed by atoms with Crippen molar-refractivity contribution >= 4 is 10.1 Å². The predicted molar refractivity (Wildman–Crippen MR) is 58.9 cm³/mol. The van der Waals surface area contributed by atoms with E-state index in [1.807, 2.05) is 0 Å². The molecule has 0 spiro atoms. The van der Waals surface area contributed by atoms with E-state index in [1.165, 1.54) is 6.42 Å². The lowest BCUT2D eigenvalue weighted by Gasteiger charge is -2.38. The quantitative estimate of drug-likeness (QED) is 0.685. The smallest absolute Gasteiger partial charge is 0.264 e. The van der Waals surface area contributed by atoms with Crippen LogP contribution >= 0.6 is 0 Å². The molecule has 2 bridgehead atoms. The van der Waals surface area contributed by atoms with Gasteiger partial charge in [-0.3, -0.25) is 4.18 Å². The normalized spacial score (nSPS) is 43.5. The molecule has 0 N–H and O–H groups in total. The third kappa shape index (κ3) is 1.53. The maximum atomic E-state index is 11.2. The molecule has 2 aliphatic rings. The highest BCUT2D eigenvalue weighted by Gasteiger charge is 2.62. The molecule has 0 aromatic carbocycles. The summed E-state index contributed by atoms with van der Waals surface area (Å²) in [6.45, 7) is 6.67. The van der Waals surface area contributed by atoms with Crippen LogP contribution in [0, 0.1) is 16.7 Å². The second-order valence-electron chi connectivity index (χ2n) is 5.90. The van der Waals surface area contributed by atoms with Crippen LogP contribution in [0.2, 0.25) is 0 Å². The summed E-state index contributed by atoms with van der Waals surface area (Å²) in [5, 5.41) is 0. The Morgan fingerprint density at radius 1 is 1.27 bits per heavy atom. The maximum Gasteiger partial charge on any atom is 0.264 e. The molecular weight excluding hydrogens is 212 g/mol. The van der Waals surface area contributed by atoms with Crippen LogP contribution in [0.4, 0.5) is 0 Å². The predicted octanol–water partition coefficient (Wildman–Crippen LogP) is 2.18. The summed E-state index contributed by atoms with van der Waals surface area (Å²) in [5.74, 6) is 0.620. The van der Waals surface area contributed by atoms with E-state index in [0.29, 0.717) is 5.92 Å². The Bertz CT molecular complexity index is 371. The van der Waals surface area contributed by atoms with E-state index in [4.69, 9.17) is 4.18 Å². The zero-order valence-electron chi connectivity index (χ0n) is 9.91. The minimum absolute atomic E-state index is 0.0285. The summed E-state index contributed by atoms with van der Waals surface area (Å²) in [6, 6.07) is 0. The highest BCUT2D eigenvalue weighted by molar-refractivity contribution is 7.86. The molecule has 2 rings (SSSR count). The lowest BCUT2D eigenvalue weighted by molar-refractivity contribution is 0.0352. The zero-order chi connectivity index (χ0) is 11.5. The first-order chi connectivity index (χ1) is 6.67. The van der Waals surface area contributed by atoms with Crippen LogP contribution in [0.25, 0.3) is 0 Å². The Morgan fingerprint density at radius 3 is 2.20 bits per heavy atom. The third-order valence-corrected chi connectivity index (χ3v) is 5.59. The van der Waals surface area contributed by atoms with Crippen LogP contribution in [0.15, 0.2) is 0 Å². The van der Waals surface area contributed by atoms with Gasteiger partial charge in [0.05, 0.1) is 12.4 Å². The molecule has 15 heavy (non-hydrogen) atoms. The van der Waals surface area contributed by atoms with Crippen LogP contribution in [-0.4, -0.2) is 20.8 Å². The van der Waals surface area contributed by atoms with E-state index in [-0.39, 0.29) is 16.9 Å². The monoisotopic (exact) mass is 232 g/mol. The molecule has 3 nitrogen and oxygen atoms in total. The van der Waals surface area contributed by atoms with Gasteiger partial charge in [-0.05, 0) is 30.6 Å². The van der Waals surface area contributed by atoms with Gasteiger partial charge in [0, 0.05) is 5.41 Å². The van der Waals surface area contributed by atoms with Crippen molar-refractivity contribution < 1.29 is 12.6 Å². The van der Waals surface area contributed by atoms with Gasteiger partial charge < -0.3 is 0 Å². The van der Waals surface area contributed by atoms with Gasteiger partial charge in [-0.2, -0.15) is 8.42 Å². The van der Waals surface area contributed by atoms with Gasteiger partial charge in [0.15, 0.2) is 0 Å². The van der Waals surface area contributed by atoms with Crippen molar-refractivity contribution in [2.24, 2.45) is 16.7 Å². The van der Waals surface area contributed by atoms with Crippen molar-refractivity contribution in [3.05, 3.63) is 0 Å². The largest absolute Gasteiger partial charge is 0.266 e. The summed E-state index contributed by atoms with van der Waals surface area (Å²) >= 11 is 0. The summed E-state index contributed by atoms with van der Waals surface area (Å²) in [6.07, 6.45) is 4.24. The number of hydrogen-bond donors (Lipinski definition) is 0. The van der Waals surface area contributed by atoms with Crippen LogP contribution < -0.4 is 0 Å². The van der Waals surface area contributed by atoms with Crippen molar-refractivity contribution in [1.29, 1.82) is 0 Å². The van der Waals surface area contributed by atoms with Gasteiger partial charge in [0.25, 0.3) is 10.1 Å². The van der Waals surface area contributed by atoms with Crippen LogP contribution in [-0.2, 0) is 14.3 Å². The molecule has 0 amide bonds. The molecule has 0 aromatic rings. The molecular formula is C11H20O3S. The van der Waals surface area contributed by atoms with E-state index in [2.05, 4.69) is 20.8 Å². The molecule has 0 aliphatic heterocycles. The Kier molecular flexibility index (Phi) is 2.26. The Morgan fingerprint density at radius 2 is 1.87 bits per heavy atom. The zero-order valence-corrected chi connectivity index (χ0v) is 10.7. The van der Waals surface area contributed by atoms with Crippen LogP contribution in [0.1, 0.15) is 40.0 Å². The minimum atomic E-state index is -3.32. The van der Waals surface area contributed by atoms with Crippen molar-refractivity contribution in [3.8, 4) is 0 Å². The Labute approximate surface area is 92.3 Å². The van der Waals surface area contributed by atoms with E-state index in [1.54, 1.807) is 0 Å². The fourth-order valence-corrected chi connectivity index (χ4v) is 4.20. The Hall–Kier alpha value is -0.0900. The molecule has 2 fully saturated rings. The van der Waals surface area contributed by atoms with E-state index >= 15 is 0 Å². The van der Waals surface area contributed by atoms with Crippen LogP contribution in [0.3, 0.4) is 0 Å². The molecule has 0 unspecified atom stereocenters. The second kappa shape index (κ2) is 2.98. The van der Waals surface area contributed by atoms with Crippen molar-refractivity contribution in [2.45, 2.75) is 46.1 Å². The molecule has 88 valence electrons. The third-order valence-electron chi connectivity index (χ3n) is 5.00. The second-order valence-corrected chi connectivity index (χ2v) is 7.50. The maximum absolute atomic E-state index is 11.2. The molecule has 2 saturated carbocycles. The lowest BCUT2D eigenvalue weighted by Crippen LogP contribution is -2.38. The molecule has 0 saturated heterocycles. The van der Waals surface area contributed by atoms with E-state index in [0.717, 1.165) is 19.1 Å². The van der Waals surface area contributed by atoms with Crippen molar-refractivity contribution in [1.82, 2.24) is 0 Å². The average Bonchev–Trinajstić information content (AvgIpc) is 2.34. The number of hydrogen-bond acceptors (Lipinski definition) is 3. The molecule has 0 aromatic heterocycles. The van der Waals surface area contributed by atoms with Gasteiger partial charge in [0.1, 0.15) is 0 Å². The van der Waals surface area contributed by atoms with E-state index in [9.17, 15) is 8.42 Å². The summed E-state index contributed by atoms with van der Waals surface area (Å²) in [4.78, 5) is 0. The van der Waals surface area contributed by atoms with Crippen molar-refractivity contribution in [3.63, 3.8) is 0 Å². The molecule has 4 heteroatoms.